The molecule has 3 amide bonds. The van der Waals surface area contributed by atoms with E-state index in [-0.39, 0.29) is 31.9 Å². The van der Waals surface area contributed by atoms with E-state index in [1.54, 1.807) is 32.3 Å². The van der Waals surface area contributed by atoms with E-state index in [4.69, 9.17) is 4.74 Å². The van der Waals surface area contributed by atoms with Gasteiger partial charge in [0.25, 0.3) is 11.8 Å². The summed E-state index contributed by atoms with van der Waals surface area (Å²) < 4.78 is 5.25. The van der Waals surface area contributed by atoms with Crippen LogP contribution < -0.4 is 10.6 Å². The second-order valence-electron chi connectivity index (χ2n) is 8.22. The molecule has 10 nitrogen and oxygen atoms in total. The van der Waals surface area contributed by atoms with Crippen LogP contribution in [-0.4, -0.2) is 77.9 Å². The molecule has 1 saturated heterocycles. The molecular weight excluding hydrogens is 416 g/mol. The summed E-state index contributed by atoms with van der Waals surface area (Å²) in [6, 6.07) is 3.56. The Kier molecular flexibility index (Phi) is 7.15. The summed E-state index contributed by atoms with van der Waals surface area (Å²) in [6.45, 7) is 3.50. The SMILES string of the molecule is CNc1cccc2c1C(O)N(C1CCC(=O)N(CCOC(=O)[C@@H](NC)C(C)C)C1=O)C2=O. The fraction of sp³-hybridized carbons (Fsp3) is 0.545. The molecule has 10 heteroatoms. The molecular formula is C22H30N4O6. The average molecular weight is 447 g/mol. The molecule has 2 unspecified atom stereocenters. The van der Waals surface area contributed by atoms with Gasteiger partial charge in [-0.15, -0.1) is 0 Å². The molecule has 2 aliphatic rings. The van der Waals surface area contributed by atoms with Crippen LogP contribution in [0.2, 0.25) is 0 Å². The summed E-state index contributed by atoms with van der Waals surface area (Å²) in [6.07, 6.45) is -1.14. The van der Waals surface area contributed by atoms with Crippen molar-refractivity contribution in [2.24, 2.45) is 5.92 Å². The van der Waals surface area contributed by atoms with E-state index in [2.05, 4.69) is 10.6 Å². The Morgan fingerprint density at radius 1 is 1.25 bits per heavy atom. The lowest BCUT2D eigenvalue weighted by Crippen LogP contribution is -2.56. The number of anilines is 1. The standard InChI is InChI=1S/C22H30N4O6/c1-12(2)18(24-4)22(31)32-11-10-25-16(27)9-8-15(20(25)29)26-19(28)13-6-5-7-14(23-3)17(13)21(26)30/h5-7,12,15,18,21,23-24,30H,8-11H2,1-4H3/t15?,18-,21?/m0/s1. The van der Waals surface area contributed by atoms with Gasteiger partial charge in [-0.3, -0.25) is 29.0 Å². The van der Waals surface area contributed by atoms with Crippen molar-refractivity contribution in [1.29, 1.82) is 0 Å². The lowest BCUT2D eigenvalue weighted by atomic mass is 10.0. The number of amides is 3. The highest BCUT2D eigenvalue weighted by molar-refractivity contribution is 6.06. The van der Waals surface area contributed by atoms with Crippen molar-refractivity contribution in [2.75, 3.05) is 32.6 Å². The highest BCUT2D eigenvalue weighted by Gasteiger charge is 2.47. The quantitative estimate of drug-likeness (QED) is 0.389. The molecule has 1 aromatic carbocycles. The molecule has 0 saturated carbocycles. The van der Waals surface area contributed by atoms with Gasteiger partial charge in [0.1, 0.15) is 18.7 Å². The van der Waals surface area contributed by atoms with Crippen LogP contribution in [-0.2, 0) is 19.1 Å². The van der Waals surface area contributed by atoms with Gasteiger partial charge in [0, 0.05) is 30.3 Å². The fourth-order valence-electron chi connectivity index (χ4n) is 4.31. The van der Waals surface area contributed by atoms with Gasteiger partial charge in [-0.05, 0) is 31.5 Å². The lowest BCUT2D eigenvalue weighted by molar-refractivity contribution is -0.159. The maximum atomic E-state index is 13.1. The zero-order chi connectivity index (χ0) is 23.6. The first-order valence-corrected chi connectivity index (χ1v) is 10.7. The summed E-state index contributed by atoms with van der Waals surface area (Å²) in [5, 5.41) is 16.7. The number of carbonyl (C=O) groups is 4. The number of nitrogens with zero attached hydrogens (tertiary/aromatic N) is 2. The molecule has 0 aliphatic carbocycles. The number of fused-ring (bicyclic) bond motifs is 1. The first-order chi connectivity index (χ1) is 15.2. The van der Waals surface area contributed by atoms with Gasteiger partial charge in [-0.1, -0.05) is 19.9 Å². The first-order valence-electron chi connectivity index (χ1n) is 10.7. The number of carbonyl (C=O) groups excluding carboxylic acids is 4. The molecule has 0 aromatic heterocycles. The molecule has 3 atom stereocenters. The highest BCUT2D eigenvalue weighted by atomic mass is 16.5. The molecule has 32 heavy (non-hydrogen) atoms. The van der Waals surface area contributed by atoms with Crippen LogP contribution >= 0.6 is 0 Å². The number of imide groups is 1. The predicted octanol–water partition coefficient (Wildman–Crippen LogP) is 0.480. The number of esters is 1. The van der Waals surface area contributed by atoms with Gasteiger partial charge >= 0.3 is 5.97 Å². The van der Waals surface area contributed by atoms with Gasteiger partial charge in [0.05, 0.1) is 6.54 Å². The minimum atomic E-state index is -1.30. The first kappa shape index (κ1) is 23.7. The minimum Gasteiger partial charge on any atom is -0.463 e. The van der Waals surface area contributed by atoms with E-state index < -0.39 is 42.0 Å². The van der Waals surface area contributed by atoms with Crippen molar-refractivity contribution in [3.63, 3.8) is 0 Å². The maximum absolute atomic E-state index is 13.1. The fourth-order valence-corrected chi connectivity index (χ4v) is 4.31. The molecule has 0 bridgehead atoms. The Bertz CT molecular complexity index is 918. The molecule has 0 spiro atoms. The number of likely N-dealkylation sites (tertiary alicyclic amines) is 1. The molecule has 174 valence electrons. The average Bonchev–Trinajstić information content (AvgIpc) is 3.01. The van der Waals surface area contributed by atoms with Crippen molar-refractivity contribution < 1.29 is 29.0 Å². The zero-order valence-electron chi connectivity index (χ0n) is 18.8. The predicted molar refractivity (Wildman–Crippen MR) is 116 cm³/mol. The van der Waals surface area contributed by atoms with Gasteiger partial charge in [-0.25, -0.2) is 0 Å². The van der Waals surface area contributed by atoms with Crippen LogP contribution in [0, 0.1) is 5.92 Å². The van der Waals surface area contributed by atoms with Crippen molar-refractivity contribution in [1.82, 2.24) is 15.1 Å². The summed E-state index contributed by atoms with van der Waals surface area (Å²) >= 11 is 0. The molecule has 2 aliphatic heterocycles. The summed E-state index contributed by atoms with van der Waals surface area (Å²) in [7, 11) is 3.34. The number of rotatable bonds is 8. The Hall–Kier alpha value is -2.98. The van der Waals surface area contributed by atoms with E-state index in [0.717, 1.165) is 9.80 Å². The molecule has 2 heterocycles. The molecule has 1 aromatic rings. The third kappa shape index (κ3) is 4.20. The highest BCUT2D eigenvalue weighted by Crippen LogP contribution is 2.39. The van der Waals surface area contributed by atoms with Crippen molar-refractivity contribution in [3.8, 4) is 0 Å². The van der Waals surface area contributed by atoms with Crippen LogP contribution in [0.1, 0.15) is 48.8 Å². The Morgan fingerprint density at radius 2 is 1.97 bits per heavy atom. The largest absolute Gasteiger partial charge is 0.463 e. The lowest BCUT2D eigenvalue weighted by Gasteiger charge is -2.37. The Labute approximate surface area is 186 Å². The van der Waals surface area contributed by atoms with Crippen LogP contribution in [0.4, 0.5) is 5.69 Å². The number of hydrogen-bond acceptors (Lipinski definition) is 8. The van der Waals surface area contributed by atoms with Gasteiger partial charge in [0.2, 0.25) is 5.91 Å². The molecule has 0 radical (unpaired) electrons. The molecule has 3 N–H and O–H groups in total. The number of nitrogens with one attached hydrogen (secondary N) is 2. The number of ether oxygens (including phenoxy) is 1. The normalized spacial score (nSPS) is 21.8. The number of benzene rings is 1. The number of likely N-dealkylation sites (N-methyl/N-ethyl adjacent to an activating group) is 1. The maximum Gasteiger partial charge on any atom is 0.323 e. The van der Waals surface area contributed by atoms with Gasteiger partial charge < -0.3 is 20.5 Å². The van der Waals surface area contributed by atoms with Crippen LogP contribution in [0.25, 0.3) is 0 Å². The summed E-state index contributed by atoms with van der Waals surface area (Å²) in [5.74, 6) is -1.89. The minimum absolute atomic E-state index is 0.0157. The third-order valence-corrected chi connectivity index (χ3v) is 5.97. The van der Waals surface area contributed by atoms with Crippen LogP contribution in [0.15, 0.2) is 18.2 Å². The molecule has 1 fully saturated rings. The third-order valence-electron chi connectivity index (χ3n) is 5.97. The Morgan fingerprint density at radius 3 is 2.59 bits per heavy atom. The van der Waals surface area contributed by atoms with Crippen molar-refractivity contribution >= 4 is 29.4 Å². The number of piperidine rings is 1. The second-order valence-corrected chi connectivity index (χ2v) is 8.22. The van der Waals surface area contributed by atoms with Crippen molar-refractivity contribution in [2.45, 2.75) is 45.0 Å². The Balaban J connectivity index is 1.71. The van der Waals surface area contributed by atoms with Crippen LogP contribution in [0.3, 0.4) is 0 Å². The summed E-state index contributed by atoms with van der Waals surface area (Å²) in [4.78, 5) is 52.9. The number of aliphatic hydroxyl groups is 1. The zero-order valence-corrected chi connectivity index (χ0v) is 18.8. The van der Waals surface area contributed by atoms with E-state index in [9.17, 15) is 24.3 Å². The van der Waals surface area contributed by atoms with E-state index in [0.29, 0.717) is 16.8 Å². The second kappa shape index (κ2) is 9.66. The van der Waals surface area contributed by atoms with E-state index >= 15 is 0 Å². The van der Waals surface area contributed by atoms with E-state index in [1.807, 2.05) is 13.8 Å². The molecule has 3 rings (SSSR count). The smallest absolute Gasteiger partial charge is 0.323 e. The summed E-state index contributed by atoms with van der Waals surface area (Å²) in [5.41, 5.74) is 1.33. The van der Waals surface area contributed by atoms with Gasteiger partial charge in [0.15, 0.2) is 6.23 Å². The monoisotopic (exact) mass is 446 g/mol. The van der Waals surface area contributed by atoms with Crippen molar-refractivity contribution in [3.05, 3.63) is 29.3 Å². The number of aliphatic hydroxyl groups excluding tert-OH is 1. The van der Waals surface area contributed by atoms with E-state index in [1.165, 1.54) is 0 Å². The van der Waals surface area contributed by atoms with Gasteiger partial charge in [-0.2, -0.15) is 0 Å². The topological polar surface area (TPSA) is 128 Å². The van der Waals surface area contributed by atoms with Crippen LogP contribution in [0.5, 0.6) is 0 Å². The number of hydrogen-bond donors (Lipinski definition) is 3.